The Morgan fingerprint density at radius 3 is 2.78 bits per heavy atom. The number of hydrogen-bond donors (Lipinski definition) is 2. The minimum absolute atomic E-state index is 0.00692. The van der Waals surface area contributed by atoms with Crippen LogP contribution in [0.1, 0.15) is 18.9 Å². The second-order valence-electron chi connectivity index (χ2n) is 3.50. The third-order valence-corrected chi connectivity index (χ3v) is 3.52. The number of benzene rings is 1. The maximum atomic E-state index is 11.5. The predicted molar refractivity (Wildman–Crippen MR) is 72.7 cm³/mol. The molecular formula is C12H14ClNO3S. The summed E-state index contributed by atoms with van der Waals surface area (Å²) in [5.41, 5.74) is 0.776. The zero-order chi connectivity index (χ0) is 13.6. The highest BCUT2D eigenvalue weighted by molar-refractivity contribution is 7.93. The third-order valence-electron chi connectivity index (χ3n) is 2.12. The first kappa shape index (κ1) is 14.9. The first-order chi connectivity index (χ1) is 8.49. The molecule has 0 aliphatic heterocycles. The number of sulfonamides is 1. The van der Waals surface area contributed by atoms with Crippen molar-refractivity contribution in [1.82, 2.24) is 4.89 Å². The minimum atomic E-state index is -3.86. The van der Waals surface area contributed by atoms with Gasteiger partial charge in [-0.1, -0.05) is 47.7 Å². The highest BCUT2D eigenvalue weighted by Gasteiger charge is 2.12. The zero-order valence-electron chi connectivity index (χ0n) is 9.80. The van der Waals surface area contributed by atoms with Crippen LogP contribution >= 0.6 is 11.6 Å². The molecule has 1 rings (SSSR count). The van der Waals surface area contributed by atoms with Crippen molar-refractivity contribution in [2.45, 2.75) is 13.3 Å². The molecule has 18 heavy (non-hydrogen) atoms. The molecular weight excluding hydrogens is 274 g/mol. The van der Waals surface area contributed by atoms with Gasteiger partial charge in [-0.3, -0.25) is 0 Å². The lowest BCUT2D eigenvalue weighted by molar-refractivity contribution is 0.244. The van der Waals surface area contributed by atoms with E-state index in [0.717, 1.165) is 5.56 Å². The Balaban J connectivity index is 3.03. The number of nitrogens with one attached hydrogen (secondary N) is 1. The summed E-state index contributed by atoms with van der Waals surface area (Å²) in [7, 11) is -3.86. The van der Waals surface area contributed by atoms with E-state index in [9.17, 15) is 8.42 Å². The van der Waals surface area contributed by atoms with Crippen LogP contribution in [0, 0.1) is 0 Å². The molecule has 0 radical (unpaired) electrons. The fraction of sp³-hybridized carbons (Fsp3) is 0.167. The number of hydrogen-bond acceptors (Lipinski definition) is 3. The fourth-order valence-corrected chi connectivity index (χ4v) is 2.25. The first-order valence-electron chi connectivity index (χ1n) is 5.29. The lowest BCUT2D eigenvalue weighted by Gasteiger charge is -2.02. The van der Waals surface area contributed by atoms with E-state index in [4.69, 9.17) is 16.8 Å². The number of allylic oxidation sites excluding steroid dienone is 2. The molecule has 0 bridgehead atoms. The fourth-order valence-electron chi connectivity index (χ4n) is 1.31. The molecule has 0 aromatic heterocycles. The van der Waals surface area contributed by atoms with Gasteiger partial charge in [0, 0.05) is 5.02 Å². The van der Waals surface area contributed by atoms with E-state index in [1.165, 1.54) is 17.0 Å². The summed E-state index contributed by atoms with van der Waals surface area (Å²) in [6.45, 7) is 1.81. The van der Waals surface area contributed by atoms with Crippen molar-refractivity contribution in [2.24, 2.45) is 0 Å². The lowest BCUT2D eigenvalue weighted by Crippen LogP contribution is -2.20. The van der Waals surface area contributed by atoms with Gasteiger partial charge in [-0.15, -0.1) is 0 Å². The van der Waals surface area contributed by atoms with Crippen molar-refractivity contribution in [1.29, 1.82) is 0 Å². The molecule has 1 aromatic rings. The Morgan fingerprint density at radius 1 is 1.50 bits per heavy atom. The SMILES string of the molecule is CC/C=C(\C=C/c1cccc(Cl)c1)S(=O)(=O)NO. The molecule has 4 nitrogen and oxygen atoms in total. The van der Waals surface area contributed by atoms with Crippen LogP contribution in [0.2, 0.25) is 5.02 Å². The summed E-state index contributed by atoms with van der Waals surface area (Å²) in [6, 6.07) is 7.00. The van der Waals surface area contributed by atoms with Crippen LogP contribution < -0.4 is 4.89 Å². The Kier molecular flexibility index (Phi) is 5.55. The molecule has 0 unspecified atom stereocenters. The molecule has 0 fully saturated rings. The molecule has 0 atom stereocenters. The molecule has 0 heterocycles. The Bertz CT molecular complexity index is 564. The van der Waals surface area contributed by atoms with Crippen molar-refractivity contribution in [2.75, 3.05) is 0 Å². The van der Waals surface area contributed by atoms with Gasteiger partial charge in [0.15, 0.2) is 0 Å². The van der Waals surface area contributed by atoms with E-state index in [1.54, 1.807) is 37.3 Å². The largest absolute Gasteiger partial charge is 0.302 e. The van der Waals surface area contributed by atoms with Gasteiger partial charge in [0.25, 0.3) is 10.0 Å². The molecule has 0 spiro atoms. The van der Waals surface area contributed by atoms with Crippen LogP contribution in [0.3, 0.4) is 0 Å². The monoisotopic (exact) mass is 287 g/mol. The van der Waals surface area contributed by atoms with E-state index in [1.807, 2.05) is 0 Å². The molecule has 1 aromatic carbocycles. The van der Waals surface area contributed by atoms with Crippen LogP contribution in [0.15, 0.2) is 41.3 Å². The molecule has 98 valence electrons. The van der Waals surface area contributed by atoms with Crippen molar-refractivity contribution in [3.63, 3.8) is 0 Å². The Hall–Kier alpha value is -1.14. The van der Waals surface area contributed by atoms with Crippen LogP contribution in [-0.2, 0) is 10.0 Å². The summed E-state index contributed by atoms with van der Waals surface area (Å²) < 4.78 is 22.9. The molecule has 0 aliphatic carbocycles. The summed E-state index contributed by atoms with van der Waals surface area (Å²) in [6.07, 6.45) is 5.06. The Morgan fingerprint density at radius 2 is 2.22 bits per heavy atom. The summed E-state index contributed by atoms with van der Waals surface area (Å²) >= 11 is 5.82. The van der Waals surface area contributed by atoms with Crippen LogP contribution in [0.25, 0.3) is 6.08 Å². The normalized spacial score (nSPS) is 13.2. The second kappa shape index (κ2) is 6.70. The van der Waals surface area contributed by atoms with E-state index in [0.29, 0.717) is 11.4 Å². The van der Waals surface area contributed by atoms with Gasteiger partial charge in [-0.05, 0) is 30.2 Å². The highest BCUT2D eigenvalue weighted by atomic mass is 35.5. The lowest BCUT2D eigenvalue weighted by atomic mass is 10.2. The molecule has 2 N–H and O–H groups in total. The summed E-state index contributed by atoms with van der Waals surface area (Å²) in [5.74, 6) is 0. The van der Waals surface area contributed by atoms with Gasteiger partial charge in [-0.25, -0.2) is 8.42 Å². The molecule has 0 aliphatic rings. The van der Waals surface area contributed by atoms with Gasteiger partial charge in [0.05, 0.1) is 4.91 Å². The standard InChI is InChI=1S/C12H14ClNO3S/c1-2-4-12(18(16,17)14-15)8-7-10-5-3-6-11(13)9-10/h3-9,14-15H,2H2,1H3/b8-7-,12-4+. The van der Waals surface area contributed by atoms with E-state index >= 15 is 0 Å². The van der Waals surface area contributed by atoms with E-state index in [-0.39, 0.29) is 4.91 Å². The zero-order valence-corrected chi connectivity index (χ0v) is 11.4. The van der Waals surface area contributed by atoms with Gasteiger partial charge < -0.3 is 5.21 Å². The van der Waals surface area contributed by atoms with Crippen LogP contribution in [-0.4, -0.2) is 13.6 Å². The van der Waals surface area contributed by atoms with Gasteiger partial charge in [0.1, 0.15) is 0 Å². The quantitative estimate of drug-likeness (QED) is 0.646. The van der Waals surface area contributed by atoms with Crippen molar-refractivity contribution < 1.29 is 13.6 Å². The second-order valence-corrected chi connectivity index (χ2v) is 5.60. The average Bonchev–Trinajstić information content (AvgIpc) is 2.34. The minimum Gasteiger partial charge on any atom is -0.302 e. The summed E-state index contributed by atoms with van der Waals surface area (Å²) in [4.78, 5) is 1.31. The van der Waals surface area contributed by atoms with Crippen LogP contribution in [0.5, 0.6) is 0 Å². The molecule has 0 amide bonds. The van der Waals surface area contributed by atoms with E-state index in [2.05, 4.69) is 0 Å². The first-order valence-corrected chi connectivity index (χ1v) is 7.15. The molecule has 0 saturated carbocycles. The maximum absolute atomic E-state index is 11.5. The highest BCUT2D eigenvalue weighted by Crippen LogP contribution is 2.14. The van der Waals surface area contributed by atoms with Crippen LogP contribution in [0.4, 0.5) is 0 Å². The van der Waals surface area contributed by atoms with Crippen molar-refractivity contribution in [3.05, 3.63) is 51.9 Å². The summed E-state index contributed by atoms with van der Waals surface area (Å²) in [5, 5.41) is 9.17. The smallest absolute Gasteiger partial charge is 0.261 e. The van der Waals surface area contributed by atoms with E-state index < -0.39 is 10.0 Å². The predicted octanol–water partition coefficient (Wildman–Crippen LogP) is 2.96. The van der Waals surface area contributed by atoms with Gasteiger partial charge in [-0.2, -0.15) is 0 Å². The number of halogens is 1. The van der Waals surface area contributed by atoms with Gasteiger partial charge in [0.2, 0.25) is 0 Å². The average molecular weight is 288 g/mol. The number of rotatable bonds is 5. The molecule has 6 heteroatoms. The van der Waals surface area contributed by atoms with Crippen molar-refractivity contribution in [3.8, 4) is 0 Å². The van der Waals surface area contributed by atoms with Crippen molar-refractivity contribution >= 4 is 27.7 Å². The molecule has 0 saturated heterocycles. The maximum Gasteiger partial charge on any atom is 0.261 e. The van der Waals surface area contributed by atoms with Gasteiger partial charge >= 0.3 is 0 Å². The Labute approximate surface area is 112 Å². The topological polar surface area (TPSA) is 66.4 Å². The third kappa shape index (κ3) is 4.27.